The summed E-state index contributed by atoms with van der Waals surface area (Å²) in [5.74, 6) is -0.522. The van der Waals surface area contributed by atoms with Crippen molar-refractivity contribution in [3.05, 3.63) is 82.2 Å². The molecule has 2 aromatic heterocycles. The number of pyridine rings is 1. The first-order valence-corrected chi connectivity index (χ1v) is 9.34. The molecular formula is C21H21FN4O2. The number of rotatable bonds is 3. The predicted molar refractivity (Wildman–Crippen MR) is 104 cm³/mol. The van der Waals surface area contributed by atoms with Crippen molar-refractivity contribution in [2.75, 3.05) is 26.2 Å². The predicted octanol–water partition coefficient (Wildman–Crippen LogP) is 2.18. The minimum absolute atomic E-state index is 0.0932. The standard InChI is InChI=1S/C21H21FN4O2/c22-17-7-5-16(6-8-17)15-24-9-3-10-25(13-12-24)20(27)18-14-23-19-4-1-2-11-26(19)21(18)28/h1-2,4-8,11,14H,3,9-10,12-13,15H2. The highest BCUT2D eigenvalue weighted by molar-refractivity contribution is 5.93. The molecule has 1 aliphatic rings. The number of hydrogen-bond acceptors (Lipinski definition) is 4. The molecule has 3 aromatic rings. The molecule has 0 unspecified atom stereocenters. The van der Waals surface area contributed by atoms with E-state index >= 15 is 0 Å². The van der Waals surface area contributed by atoms with E-state index in [0.717, 1.165) is 18.5 Å². The summed E-state index contributed by atoms with van der Waals surface area (Å²) in [4.78, 5) is 33.8. The van der Waals surface area contributed by atoms with Crippen LogP contribution in [-0.2, 0) is 6.54 Å². The molecule has 144 valence electrons. The molecule has 7 heteroatoms. The van der Waals surface area contributed by atoms with Gasteiger partial charge in [-0.25, -0.2) is 9.37 Å². The number of halogens is 1. The summed E-state index contributed by atoms with van der Waals surface area (Å²) in [6, 6.07) is 11.8. The van der Waals surface area contributed by atoms with Crippen LogP contribution in [0, 0.1) is 5.82 Å². The minimum Gasteiger partial charge on any atom is -0.337 e. The summed E-state index contributed by atoms with van der Waals surface area (Å²) in [5.41, 5.74) is 1.31. The lowest BCUT2D eigenvalue weighted by Crippen LogP contribution is -2.38. The number of aromatic nitrogens is 2. The fourth-order valence-electron chi connectivity index (χ4n) is 3.52. The Balaban J connectivity index is 1.47. The maximum Gasteiger partial charge on any atom is 0.270 e. The van der Waals surface area contributed by atoms with E-state index in [4.69, 9.17) is 0 Å². The van der Waals surface area contributed by atoms with E-state index < -0.39 is 0 Å². The molecule has 0 N–H and O–H groups in total. The molecule has 0 aliphatic carbocycles. The number of fused-ring (bicyclic) bond motifs is 1. The van der Waals surface area contributed by atoms with Gasteiger partial charge in [-0.1, -0.05) is 18.2 Å². The number of carbonyl (C=O) groups excluding carboxylic acids is 1. The SMILES string of the molecule is O=C(c1cnc2ccccn2c1=O)N1CCCN(Cc2ccc(F)cc2)CC1. The molecule has 1 fully saturated rings. The highest BCUT2D eigenvalue weighted by atomic mass is 19.1. The van der Waals surface area contributed by atoms with Crippen LogP contribution in [0.25, 0.3) is 5.65 Å². The van der Waals surface area contributed by atoms with Crippen LogP contribution in [0.3, 0.4) is 0 Å². The van der Waals surface area contributed by atoms with E-state index in [9.17, 15) is 14.0 Å². The van der Waals surface area contributed by atoms with Gasteiger partial charge in [-0.2, -0.15) is 0 Å². The zero-order valence-electron chi connectivity index (χ0n) is 15.4. The monoisotopic (exact) mass is 380 g/mol. The molecular weight excluding hydrogens is 359 g/mol. The first-order chi connectivity index (χ1) is 13.6. The second-order valence-corrected chi connectivity index (χ2v) is 6.95. The van der Waals surface area contributed by atoms with E-state index in [-0.39, 0.29) is 22.8 Å². The van der Waals surface area contributed by atoms with E-state index in [1.807, 2.05) is 0 Å². The van der Waals surface area contributed by atoms with Crippen LogP contribution in [0.5, 0.6) is 0 Å². The highest BCUT2D eigenvalue weighted by Gasteiger charge is 2.23. The normalized spacial score (nSPS) is 15.5. The molecule has 28 heavy (non-hydrogen) atoms. The molecule has 3 heterocycles. The number of nitrogens with zero attached hydrogens (tertiary/aromatic N) is 4. The average Bonchev–Trinajstić information content (AvgIpc) is 2.95. The van der Waals surface area contributed by atoms with Crippen LogP contribution in [0.2, 0.25) is 0 Å². The lowest BCUT2D eigenvalue weighted by atomic mass is 10.2. The molecule has 0 saturated carbocycles. The fourth-order valence-corrected chi connectivity index (χ4v) is 3.52. The Morgan fingerprint density at radius 1 is 1.04 bits per heavy atom. The molecule has 1 aromatic carbocycles. The van der Waals surface area contributed by atoms with E-state index in [1.54, 1.807) is 41.4 Å². The third kappa shape index (κ3) is 3.80. The Bertz CT molecular complexity index is 1050. The number of hydrogen-bond donors (Lipinski definition) is 0. The molecule has 0 bridgehead atoms. The third-order valence-electron chi connectivity index (χ3n) is 5.04. The second-order valence-electron chi connectivity index (χ2n) is 6.95. The van der Waals surface area contributed by atoms with Crippen molar-refractivity contribution < 1.29 is 9.18 Å². The largest absolute Gasteiger partial charge is 0.337 e. The van der Waals surface area contributed by atoms with Gasteiger partial charge in [0.15, 0.2) is 0 Å². The van der Waals surface area contributed by atoms with Gasteiger partial charge in [-0.15, -0.1) is 0 Å². The number of amides is 1. The van der Waals surface area contributed by atoms with Gasteiger partial charge in [0, 0.05) is 45.1 Å². The van der Waals surface area contributed by atoms with Gasteiger partial charge in [0.1, 0.15) is 17.0 Å². The highest BCUT2D eigenvalue weighted by Crippen LogP contribution is 2.12. The fraction of sp³-hybridized carbons (Fsp3) is 0.286. The Labute approximate surface area is 161 Å². The van der Waals surface area contributed by atoms with Gasteiger partial charge in [-0.3, -0.25) is 18.9 Å². The molecule has 4 rings (SSSR count). The molecule has 0 atom stereocenters. The summed E-state index contributed by atoms with van der Waals surface area (Å²) in [6.07, 6.45) is 3.81. The topological polar surface area (TPSA) is 57.9 Å². The van der Waals surface area contributed by atoms with Crippen LogP contribution < -0.4 is 5.56 Å². The molecule has 6 nitrogen and oxygen atoms in total. The number of benzene rings is 1. The third-order valence-corrected chi connectivity index (χ3v) is 5.04. The maximum absolute atomic E-state index is 13.1. The van der Waals surface area contributed by atoms with Crippen molar-refractivity contribution in [3.63, 3.8) is 0 Å². The van der Waals surface area contributed by atoms with Crippen molar-refractivity contribution in [3.8, 4) is 0 Å². The Morgan fingerprint density at radius 2 is 1.86 bits per heavy atom. The van der Waals surface area contributed by atoms with Crippen molar-refractivity contribution in [1.82, 2.24) is 19.2 Å². The lowest BCUT2D eigenvalue weighted by molar-refractivity contribution is 0.0758. The molecule has 1 saturated heterocycles. The first-order valence-electron chi connectivity index (χ1n) is 9.34. The van der Waals surface area contributed by atoms with Gasteiger partial charge in [0.05, 0.1) is 0 Å². The van der Waals surface area contributed by atoms with Gasteiger partial charge >= 0.3 is 0 Å². The van der Waals surface area contributed by atoms with Crippen molar-refractivity contribution in [2.24, 2.45) is 0 Å². The summed E-state index contributed by atoms with van der Waals surface area (Å²) in [7, 11) is 0. The molecule has 0 spiro atoms. The zero-order valence-corrected chi connectivity index (χ0v) is 15.4. The molecule has 1 aliphatic heterocycles. The minimum atomic E-state index is -0.344. The summed E-state index contributed by atoms with van der Waals surface area (Å²) in [6.45, 7) is 3.39. The van der Waals surface area contributed by atoms with Crippen LogP contribution in [0.15, 0.2) is 59.7 Å². The van der Waals surface area contributed by atoms with Crippen molar-refractivity contribution in [2.45, 2.75) is 13.0 Å². The van der Waals surface area contributed by atoms with Crippen LogP contribution in [-0.4, -0.2) is 51.3 Å². The van der Waals surface area contributed by atoms with Gasteiger partial charge in [0.2, 0.25) is 0 Å². The van der Waals surface area contributed by atoms with Crippen molar-refractivity contribution in [1.29, 1.82) is 0 Å². The zero-order chi connectivity index (χ0) is 19.5. The molecule has 1 amide bonds. The molecule has 0 radical (unpaired) electrons. The van der Waals surface area contributed by atoms with Gasteiger partial charge in [-0.05, 0) is 36.2 Å². The maximum atomic E-state index is 13.1. The summed E-state index contributed by atoms with van der Waals surface area (Å²) in [5, 5.41) is 0. The van der Waals surface area contributed by atoms with Crippen LogP contribution >= 0.6 is 0 Å². The van der Waals surface area contributed by atoms with E-state index in [1.165, 1.54) is 22.7 Å². The smallest absolute Gasteiger partial charge is 0.270 e. The summed E-state index contributed by atoms with van der Waals surface area (Å²) < 4.78 is 14.5. The van der Waals surface area contributed by atoms with E-state index in [2.05, 4.69) is 9.88 Å². The summed E-state index contributed by atoms with van der Waals surface area (Å²) >= 11 is 0. The Hall–Kier alpha value is -3.06. The number of carbonyl (C=O) groups is 1. The van der Waals surface area contributed by atoms with E-state index in [0.29, 0.717) is 31.8 Å². The van der Waals surface area contributed by atoms with Crippen molar-refractivity contribution >= 4 is 11.6 Å². The Morgan fingerprint density at radius 3 is 2.68 bits per heavy atom. The second kappa shape index (κ2) is 7.90. The van der Waals surface area contributed by atoms with Gasteiger partial charge < -0.3 is 4.90 Å². The lowest BCUT2D eigenvalue weighted by Gasteiger charge is -2.22. The first kappa shape index (κ1) is 18.3. The average molecular weight is 380 g/mol. The quantitative estimate of drug-likeness (QED) is 0.699. The Kier molecular flexibility index (Phi) is 5.16. The van der Waals surface area contributed by atoms with Crippen LogP contribution in [0.1, 0.15) is 22.3 Å². The van der Waals surface area contributed by atoms with Gasteiger partial charge in [0.25, 0.3) is 11.5 Å². The van der Waals surface area contributed by atoms with Crippen LogP contribution in [0.4, 0.5) is 4.39 Å².